The van der Waals surface area contributed by atoms with E-state index in [0.717, 1.165) is 11.3 Å². The minimum absolute atomic E-state index is 0.0576. The Labute approximate surface area is 124 Å². The first-order valence-corrected chi connectivity index (χ1v) is 7.14. The molecule has 1 aliphatic heterocycles. The second-order valence-corrected chi connectivity index (χ2v) is 5.63. The van der Waals surface area contributed by atoms with Gasteiger partial charge in [-0.3, -0.25) is 14.7 Å². The minimum Gasteiger partial charge on any atom is -0.375 e. The molecule has 1 aliphatic rings. The molecule has 7 nitrogen and oxygen atoms in total. The summed E-state index contributed by atoms with van der Waals surface area (Å²) in [5.41, 5.74) is 2.14. The summed E-state index contributed by atoms with van der Waals surface area (Å²) < 4.78 is 4.87. The number of methoxy groups -OCH3 is 1. The Bertz CT molecular complexity index is 524. The van der Waals surface area contributed by atoms with Gasteiger partial charge >= 0.3 is 0 Å². The Hall–Kier alpha value is -1.89. The predicted molar refractivity (Wildman–Crippen MR) is 76.8 cm³/mol. The summed E-state index contributed by atoms with van der Waals surface area (Å²) in [6.45, 7) is 5.74. The standard InChI is InChI=1S/C14H22N4O3/c1-9(2)6-15-14(20)13-10-7-18(12(19)8-21-3)5-4-11(10)16-17-13/h9H,4-8H2,1-3H3,(H,15,20)(H,16,17). The highest BCUT2D eigenvalue weighted by Crippen LogP contribution is 2.20. The molecule has 1 aromatic heterocycles. The highest BCUT2D eigenvalue weighted by atomic mass is 16.5. The zero-order valence-corrected chi connectivity index (χ0v) is 12.7. The van der Waals surface area contributed by atoms with Gasteiger partial charge in [-0.1, -0.05) is 13.8 Å². The van der Waals surface area contributed by atoms with Crippen molar-refractivity contribution in [1.82, 2.24) is 20.4 Å². The lowest BCUT2D eigenvalue weighted by atomic mass is 10.0. The molecular formula is C14H22N4O3. The van der Waals surface area contributed by atoms with Crippen LogP contribution in [0, 0.1) is 5.92 Å². The molecule has 2 amide bonds. The van der Waals surface area contributed by atoms with Crippen LogP contribution in [0.15, 0.2) is 0 Å². The Morgan fingerprint density at radius 1 is 1.48 bits per heavy atom. The molecule has 2 rings (SSSR count). The van der Waals surface area contributed by atoms with Gasteiger partial charge in [0.15, 0.2) is 5.69 Å². The predicted octanol–water partition coefficient (Wildman–Crippen LogP) is 0.327. The van der Waals surface area contributed by atoms with E-state index in [-0.39, 0.29) is 18.4 Å². The molecule has 0 bridgehead atoms. The molecule has 0 spiro atoms. The van der Waals surface area contributed by atoms with Crippen LogP contribution in [0.4, 0.5) is 0 Å². The Balaban J connectivity index is 2.09. The van der Waals surface area contributed by atoms with Crippen LogP contribution >= 0.6 is 0 Å². The monoisotopic (exact) mass is 294 g/mol. The zero-order chi connectivity index (χ0) is 15.4. The van der Waals surface area contributed by atoms with Crippen molar-refractivity contribution in [3.63, 3.8) is 0 Å². The third kappa shape index (κ3) is 3.60. The van der Waals surface area contributed by atoms with Crippen molar-refractivity contribution in [3.8, 4) is 0 Å². The minimum atomic E-state index is -0.192. The molecule has 21 heavy (non-hydrogen) atoms. The van der Waals surface area contributed by atoms with E-state index in [1.165, 1.54) is 7.11 Å². The number of fused-ring (bicyclic) bond motifs is 1. The van der Waals surface area contributed by atoms with Gasteiger partial charge in [0.25, 0.3) is 5.91 Å². The summed E-state index contributed by atoms with van der Waals surface area (Å²) in [5, 5.41) is 9.87. The van der Waals surface area contributed by atoms with E-state index in [0.29, 0.717) is 37.7 Å². The van der Waals surface area contributed by atoms with Crippen LogP contribution < -0.4 is 5.32 Å². The lowest BCUT2D eigenvalue weighted by Crippen LogP contribution is -2.38. The number of hydrogen-bond donors (Lipinski definition) is 2. The van der Waals surface area contributed by atoms with E-state index >= 15 is 0 Å². The highest BCUT2D eigenvalue weighted by molar-refractivity contribution is 5.94. The van der Waals surface area contributed by atoms with Crippen LogP contribution in [-0.2, 0) is 22.5 Å². The van der Waals surface area contributed by atoms with Crippen molar-refractivity contribution in [2.75, 3.05) is 26.8 Å². The maximum Gasteiger partial charge on any atom is 0.272 e. The first-order chi connectivity index (χ1) is 10.0. The molecular weight excluding hydrogens is 272 g/mol. The van der Waals surface area contributed by atoms with Gasteiger partial charge in [0, 0.05) is 44.4 Å². The lowest BCUT2D eigenvalue weighted by molar-refractivity contribution is -0.136. The molecule has 0 atom stereocenters. The van der Waals surface area contributed by atoms with Crippen LogP contribution in [0.3, 0.4) is 0 Å². The van der Waals surface area contributed by atoms with E-state index in [1.54, 1.807) is 4.90 Å². The first-order valence-electron chi connectivity index (χ1n) is 7.14. The summed E-state index contributed by atoms with van der Waals surface area (Å²) in [4.78, 5) is 25.8. The number of carbonyl (C=O) groups excluding carboxylic acids is 2. The van der Waals surface area contributed by atoms with Gasteiger partial charge in [0.05, 0.1) is 0 Å². The van der Waals surface area contributed by atoms with Crippen LogP contribution in [0.1, 0.15) is 35.6 Å². The number of rotatable bonds is 5. The van der Waals surface area contributed by atoms with Crippen molar-refractivity contribution >= 4 is 11.8 Å². The van der Waals surface area contributed by atoms with Crippen LogP contribution in [0.2, 0.25) is 0 Å². The van der Waals surface area contributed by atoms with E-state index in [4.69, 9.17) is 4.74 Å². The SMILES string of the molecule is COCC(=O)N1CCc2[nH]nc(C(=O)NCC(C)C)c2C1. The lowest BCUT2D eigenvalue weighted by Gasteiger charge is -2.26. The molecule has 0 unspecified atom stereocenters. The van der Waals surface area contributed by atoms with Crippen molar-refractivity contribution in [1.29, 1.82) is 0 Å². The second kappa shape index (κ2) is 6.71. The fourth-order valence-corrected chi connectivity index (χ4v) is 2.29. The smallest absolute Gasteiger partial charge is 0.272 e. The number of H-pyrrole nitrogens is 1. The van der Waals surface area contributed by atoms with Crippen molar-refractivity contribution in [2.45, 2.75) is 26.8 Å². The molecule has 0 fully saturated rings. The average Bonchev–Trinajstić information content (AvgIpc) is 2.88. The molecule has 0 radical (unpaired) electrons. The summed E-state index contributed by atoms with van der Waals surface area (Å²) in [7, 11) is 1.50. The number of ether oxygens (including phenoxy) is 1. The molecule has 0 saturated carbocycles. The van der Waals surface area contributed by atoms with E-state index in [1.807, 2.05) is 13.8 Å². The molecule has 0 aromatic carbocycles. The van der Waals surface area contributed by atoms with E-state index in [2.05, 4.69) is 15.5 Å². The number of amides is 2. The Morgan fingerprint density at radius 3 is 2.90 bits per heavy atom. The second-order valence-electron chi connectivity index (χ2n) is 5.63. The van der Waals surface area contributed by atoms with Gasteiger partial charge in [-0.2, -0.15) is 5.10 Å². The number of aromatic amines is 1. The molecule has 2 heterocycles. The number of hydrogen-bond acceptors (Lipinski definition) is 4. The largest absolute Gasteiger partial charge is 0.375 e. The van der Waals surface area contributed by atoms with E-state index in [9.17, 15) is 9.59 Å². The van der Waals surface area contributed by atoms with Gasteiger partial charge in [0.1, 0.15) is 6.61 Å². The molecule has 0 aliphatic carbocycles. The molecule has 2 N–H and O–H groups in total. The zero-order valence-electron chi connectivity index (χ0n) is 12.7. The van der Waals surface area contributed by atoms with Gasteiger partial charge in [0.2, 0.25) is 5.91 Å². The Kier molecular flexibility index (Phi) is 4.95. The third-order valence-corrected chi connectivity index (χ3v) is 3.44. The number of nitrogens with one attached hydrogen (secondary N) is 2. The molecule has 7 heteroatoms. The maximum absolute atomic E-state index is 12.2. The van der Waals surface area contributed by atoms with Gasteiger partial charge in [-0.15, -0.1) is 0 Å². The van der Waals surface area contributed by atoms with Crippen LogP contribution in [-0.4, -0.2) is 53.7 Å². The fourth-order valence-electron chi connectivity index (χ4n) is 2.29. The summed E-state index contributed by atoms with van der Waals surface area (Å²) in [6.07, 6.45) is 0.676. The molecule has 0 saturated heterocycles. The molecule has 116 valence electrons. The summed E-state index contributed by atoms with van der Waals surface area (Å²) >= 11 is 0. The Morgan fingerprint density at radius 2 is 2.24 bits per heavy atom. The van der Waals surface area contributed by atoms with Crippen LogP contribution in [0.25, 0.3) is 0 Å². The summed E-state index contributed by atoms with van der Waals surface area (Å²) in [6, 6.07) is 0. The molecule has 1 aromatic rings. The topological polar surface area (TPSA) is 87.3 Å². The van der Waals surface area contributed by atoms with Gasteiger partial charge < -0.3 is 15.0 Å². The average molecular weight is 294 g/mol. The fraction of sp³-hybridized carbons (Fsp3) is 0.643. The maximum atomic E-state index is 12.2. The van der Waals surface area contributed by atoms with Crippen molar-refractivity contribution in [3.05, 3.63) is 17.0 Å². The number of aromatic nitrogens is 2. The van der Waals surface area contributed by atoms with Crippen LogP contribution in [0.5, 0.6) is 0 Å². The summed E-state index contributed by atoms with van der Waals surface area (Å²) in [5.74, 6) is 0.114. The quantitative estimate of drug-likeness (QED) is 0.819. The number of nitrogens with zero attached hydrogens (tertiary/aromatic N) is 2. The van der Waals surface area contributed by atoms with E-state index < -0.39 is 0 Å². The highest BCUT2D eigenvalue weighted by Gasteiger charge is 2.27. The van der Waals surface area contributed by atoms with Gasteiger partial charge in [-0.05, 0) is 5.92 Å². The van der Waals surface area contributed by atoms with Crippen molar-refractivity contribution < 1.29 is 14.3 Å². The third-order valence-electron chi connectivity index (χ3n) is 3.44. The number of carbonyl (C=O) groups is 2. The normalized spacial score (nSPS) is 14.2. The first kappa shape index (κ1) is 15.5. The van der Waals surface area contributed by atoms with Gasteiger partial charge in [-0.25, -0.2) is 0 Å². The van der Waals surface area contributed by atoms with Crippen molar-refractivity contribution in [2.24, 2.45) is 5.92 Å².